The highest BCUT2D eigenvalue weighted by Gasteiger charge is 2.25. The molecule has 0 bridgehead atoms. The normalized spacial score (nSPS) is 15.2. The van der Waals surface area contributed by atoms with E-state index >= 15 is 0 Å². The molecule has 3 amide bonds. The Labute approximate surface area is 202 Å². The molecule has 182 valence electrons. The van der Waals surface area contributed by atoms with Gasteiger partial charge in [-0.3, -0.25) is 24.6 Å². The number of hydroxylamine groups is 1. The molecule has 0 aromatic heterocycles. The lowest BCUT2D eigenvalue weighted by atomic mass is 10.1. The minimum Gasteiger partial charge on any atom is -0.391 e. The van der Waals surface area contributed by atoms with E-state index in [0.29, 0.717) is 17.3 Å². The fraction of sp³-hybridized carbons (Fsp3) is 0.280. The number of rotatable bonds is 10. The fourth-order valence-corrected chi connectivity index (χ4v) is 3.05. The van der Waals surface area contributed by atoms with Gasteiger partial charge < -0.3 is 21.1 Å². The number of nitrogens with zero attached hydrogens (tertiary/aromatic N) is 1. The van der Waals surface area contributed by atoms with Gasteiger partial charge in [-0.15, -0.1) is 0 Å². The van der Waals surface area contributed by atoms with Crippen molar-refractivity contribution in [2.75, 3.05) is 18.4 Å². The summed E-state index contributed by atoms with van der Waals surface area (Å²) in [5.74, 6) is 4.39. The Morgan fingerprint density at radius 1 is 1.03 bits per heavy atom. The molecule has 2 aromatic carbocycles. The quantitative estimate of drug-likeness (QED) is 0.126. The molecular weight excluding hydrogens is 450 g/mol. The zero-order chi connectivity index (χ0) is 25.2. The first-order valence-corrected chi connectivity index (χ1v) is 11.0. The summed E-state index contributed by atoms with van der Waals surface area (Å²) in [7, 11) is 0. The lowest BCUT2D eigenvalue weighted by Gasteiger charge is -2.19. The lowest BCUT2D eigenvalue weighted by Crippen LogP contribution is -2.51. The Balaban J connectivity index is 1.50. The Morgan fingerprint density at radius 2 is 1.63 bits per heavy atom. The smallest absolute Gasteiger partial charge is 0.268 e. The molecular formula is C25H27N5O5. The first-order chi connectivity index (χ1) is 16.9. The molecule has 10 heteroatoms. The number of hydrogen-bond donors (Lipinski definition) is 6. The van der Waals surface area contributed by atoms with Gasteiger partial charge in [0, 0.05) is 28.6 Å². The molecule has 1 heterocycles. The summed E-state index contributed by atoms with van der Waals surface area (Å²) >= 11 is 0. The highest BCUT2D eigenvalue weighted by molar-refractivity contribution is 5.97. The predicted octanol–water partition coefficient (Wildman–Crippen LogP) is 0.442. The number of nitrogens with one attached hydrogen (secondary N) is 4. The van der Waals surface area contributed by atoms with E-state index in [4.69, 9.17) is 5.21 Å². The SMILES string of the molecule is C[C@@H](O)[C@H](NC(=O)c1ccc(C#Cc2ccc(NC(=O)CNCCC3C=N3)cc2)cc1)C(=O)NO. The molecule has 0 radical (unpaired) electrons. The molecule has 3 atom stereocenters. The van der Waals surface area contributed by atoms with Crippen molar-refractivity contribution in [3.8, 4) is 11.8 Å². The summed E-state index contributed by atoms with van der Waals surface area (Å²) in [5.41, 5.74) is 3.77. The Bertz CT molecular complexity index is 1130. The highest BCUT2D eigenvalue weighted by Crippen LogP contribution is 2.10. The minimum absolute atomic E-state index is 0.124. The van der Waals surface area contributed by atoms with Crippen molar-refractivity contribution in [2.24, 2.45) is 4.99 Å². The molecule has 3 rings (SSSR count). The third kappa shape index (κ3) is 8.35. The van der Waals surface area contributed by atoms with Gasteiger partial charge in [0.05, 0.1) is 18.7 Å². The van der Waals surface area contributed by atoms with Crippen LogP contribution in [0.1, 0.15) is 34.8 Å². The van der Waals surface area contributed by atoms with Gasteiger partial charge in [0.1, 0.15) is 6.04 Å². The van der Waals surface area contributed by atoms with E-state index in [1.165, 1.54) is 12.4 Å². The summed E-state index contributed by atoms with van der Waals surface area (Å²) in [5, 5.41) is 26.6. The molecule has 0 saturated carbocycles. The van der Waals surface area contributed by atoms with Gasteiger partial charge in [-0.1, -0.05) is 11.8 Å². The minimum atomic E-state index is -1.29. The Hall–Kier alpha value is -4.04. The van der Waals surface area contributed by atoms with Crippen LogP contribution in [0, 0.1) is 11.8 Å². The monoisotopic (exact) mass is 477 g/mol. The summed E-state index contributed by atoms with van der Waals surface area (Å²) in [6.07, 6.45) is 1.60. The second kappa shape index (κ2) is 12.4. The van der Waals surface area contributed by atoms with Crippen molar-refractivity contribution < 1.29 is 24.7 Å². The van der Waals surface area contributed by atoms with Crippen LogP contribution in [0.5, 0.6) is 0 Å². The van der Waals surface area contributed by atoms with E-state index in [1.807, 2.05) is 6.21 Å². The molecule has 6 N–H and O–H groups in total. The third-order valence-corrected chi connectivity index (χ3v) is 5.09. The molecule has 10 nitrogen and oxygen atoms in total. The molecule has 1 aliphatic heterocycles. The predicted molar refractivity (Wildman–Crippen MR) is 130 cm³/mol. The topological polar surface area (TPSA) is 152 Å². The number of benzene rings is 2. The number of carbonyl (C=O) groups is 3. The number of anilines is 1. The molecule has 35 heavy (non-hydrogen) atoms. The van der Waals surface area contributed by atoms with Crippen LogP contribution < -0.4 is 21.4 Å². The van der Waals surface area contributed by atoms with E-state index in [0.717, 1.165) is 18.5 Å². The van der Waals surface area contributed by atoms with E-state index < -0.39 is 24.0 Å². The van der Waals surface area contributed by atoms with Gasteiger partial charge in [-0.05, 0) is 68.4 Å². The average Bonchev–Trinajstić information content (AvgIpc) is 3.69. The summed E-state index contributed by atoms with van der Waals surface area (Å²) in [4.78, 5) is 39.9. The van der Waals surface area contributed by atoms with Crippen LogP contribution in [-0.4, -0.2) is 65.5 Å². The van der Waals surface area contributed by atoms with Crippen LogP contribution in [0.2, 0.25) is 0 Å². The number of hydrogen-bond acceptors (Lipinski definition) is 7. The first-order valence-electron chi connectivity index (χ1n) is 11.0. The van der Waals surface area contributed by atoms with Crippen molar-refractivity contribution in [1.29, 1.82) is 0 Å². The maximum Gasteiger partial charge on any atom is 0.268 e. The lowest BCUT2D eigenvalue weighted by molar-refractivity contribution is -0.133. The summed E-state index contributed by atoms with van der Waals surface area (Å²) in [6, 6.07) is 12.6. The first kappa shape index (κ1) is 25.6. The molecule has 0 spiro atoms. The third-order valence-electron chi connectivity index (χ3n) is 5.09. The standard InChI is InChI=1S/C25H27N5O5/c1-16(31)23(25(34)30-35)29-24(33)19-8-4-17(5-9-19)2-3-18-6-10-20(11-7-18)28-22(32)15-26-13-12-21-14-27-21/h4-11,14,16,21,23,26,31,35H,12-13,15H2,1H3,(H,28,32)(H,29,33)(H,30,34)/t16-,21?,23+/m1/s1. The van der Waals surface area contributed by atoms with E-state index in [2.05, 4.69) is 32.8 Å². The van der Waals surface area contributed by atoms with Crippen molar-refractivity contribution in [2.45, 2.75) is 31.5 Å². The summed E-state index contributed by atoms with van der Waals surface area (Å²) in [6.45, 7) is 2.29. The van der Waals surface area contributed by atoms with Crippen LogP contribution in [0.4, 0.5) is 5.69 Å². The number of carbonyl (C=O) groups excluding carboxylic acids is 3. The molecule has 0 fully saturated rings. The number of amides is 3. The van der Waals surface area contributed by atoms with Crippen molar-refractivity contribution >= 4 is 29.6 Å². The van der Waals surface area contributed by atoms with E-state index in [9.17, 15) is 19.5 Å². The van der Waals surface area contributed by atoms with Crippen LogP contribution >= 0.6 is 0 Å². The second-order valence-corrected chi connectivity index (χ2v) is 7.95. The zero-order valence-corrected chi connectivity index (χ0v) is 19.1. The fourth-order valence-electron chi connectivity index (χ4n) is 3.05. The zero-order valence-electron chi connectivity index (χ0n) is 19.1. The van der Waals surface area contributed by atoms with Crippen molar-refractivity contribution in [3.05, 3.63) is 65.2 Å². The maximum absolute atomic E-state index is 12.3. The molecule has 0 saturated heterocycles. The maximum atomic E-state index is 12.3. The van der Waals surface area contributed by atoms with Gasteiger partial charge in [0.2, 0.25) is 5.91 Å². The van der Waals surface area contributed by atoms with Gasteiger partial charge in [0.15, 0.2) is 0 Å². The number of aliphatic hydroxyl groups is 1. The molecule has 2 aromatic rings. The second-order valence-electron chi connectivity index (χ2n) is 7.95. The Kier molecular flexibility index (Phi) is 9.09. The largest absolute Gasteiger partial charge is 0.391 e. The van der Waals surface area contributed by atoms with E-state index in [-0.39, 0.29) is 18.0 Å². The average molecular weight is 478 g/mol. The number of aliphatic imine (C=N–C) groups is 1. The van der Waals surface area contributed by atoms with Crippen LogP contribution in [0.15, 0.2) is 53.5 Å². The molecule has 1 aliphatic rings. The summed E-state index contributed by atoms with van der Waals surface area (Å²) < 4.78 is 0. The van der Waals surface area contributed by atoms with Crippen LogP contribution in [-0.2, 0) is 9.59 Å². The molecule has 0 aliphatic carbocycles. The molecule has 1 unspecified atom stereocenters. The van der Waals surface area contributed by atoms with Gasteiger partial charge in [-0.2, -0.15) is 0 Å². The van der Waals surface area contributed by atoms with Gasteiger partial charge in [0.25, 0.3) is 11.8 Å². The van der Waals surface area contributed by atoms with Crippen molar-refractivity contribution in [1.82, 2.24) is 16.1 Å². The van der Waals surface area contributed by atoms with Crippen LogP contribution in [0.25, 0.3) is 0 Å². The van der Waals surface area contributed by atoms with Crippen molar-refractivity contribution in [3.63, 3.8) is 0 Å². The van der Waals surface area contributed by atoms with Crippen LogP contribution in [0.3, 0.4) is 0 Å². The Morgan fingerprint density at radius 3 is 2.17 bits per heavy atom. The highest BCUT2D eigenvalue weighted by atomic mass is 16.5. The van der Waals surface area contributed by atoms with Gasteiger partial charge >= 0.3 is 0 Å². The van der Waals surface area contributed by atoms with E-state index in [1.54, 1.807) is 48.5 Å². The number of aliphatic hydroxyl groups excluding tert-OH is 1. The van der Waals surface area contributed by atoms with Gasteiger partial charge in [-0.25, -0.2) is 5.48 Å².